The number of rotatable bonds is 6. The number of halogens is 1. The van der Waals surface area contributed by atoms with E-state index in [0.717, 1.165) is 31.6 Å². The molecule has 1 fully saturated rings. The van der Waals surface area contributed by atoms with Crippen LogP contribution in [-0.4, -0.2) is 46.0 Å². The molecule has 0 aromatic heterocycles. The molecule has 136 valence electrons. The Hall–Kier alpha value is -0.753. The monoisotopic (exact) mass is 352 g/mol. The molecule has 24 heavy (non-hydrogen) atoms. The van der Waals surface area contributed by atoms with E-state index in [-0.39, 0.29) is 16.9 Å². The minimum absolute atomic E-state index is 0.146. The average Bonchev–Trinajstić information content (AvgIpc) is 2.90. The van der Waals surface area contributed by atoms with Crippen LogP contribution < -0.4 is 5.32 Å². The van der Waals surface area contributed by atoms with Crippen LogP contribution in [0.15, 0.2) is 24.3 Å². The van der Waals surface area contributed by atoms with Gasteiger partial charge in [0.2, 0.25) is 0 Å². The predicted molar refractivity (Wildman–Crippen MR) is 101 cm³/mol. The first-order valence-electron chi connectivity index (χ1n) is 8.95. The highest BCUT2D eigenvalue weighted by atomic mass is 28.4. The van der Waals surface area contributed by atoms with Crippen LogP contribution in [0.3, 0.4) is 0 Å². The van der Waals surface area contributed by atoms with Gasteiger partial charge in [-0.05, 0) is 49.3 Å². The van der Waals surface area contributed by atoms with Crippen LogP contribution in [0.2, 0.25) is 18.1 Å². The maximum atomic E-state index is 13.5. The van der Waals surface area contributed by atoms with E-state index in [1.165, 1.54) is 6.07 Å². The van der Waals surface area contributed by atoms with Crippen molar-refractivity contribution in [3.05, 3.63) is 35.6 Å². The first-order valence-corrected chi connectivity index (χ1v) is 11.9. The number of likely N-dealkylation sites (tertiary alicyclic amines) is 1. The van der Waals surface area contributed by atoms with Gasteiger partial charge < -0.3 is 9.74 Å². The molecule has 1 aromatic rings. The zero-order chi connectivity index (χ0) is 18.0. The molecule has 0 spiro atoms. The first-order chi connectivity index (χ1) is 11.1. The third-order valence-corrected chi connectivity index (χ3v) is 10.1. The Kier molecular flexibility index (Phi) is 6.23. The lowest BCUT2D eigenvalue weighted by atomic mass is 10.1. The van der Waals surface area contributed by atoms with Gasteiger partial charge in [-0.3, -0.25) is 4.90 Å². The molecule has 2 atom stereocenters. The van der Waals surface area contributed by atoms with Crippen molar-refractivity contribution in [2.24, 2.45) is 0 Å². The molecule has 2 rings (SSSR count). The standard InChI is InChI=1S/C19H33FN2OSi/c1-19(2,3)24(5,6)23-17-10-11-22(13-17)14-18(21-4)15-8-7-9-16(20)12-15/h7-9,12,17-18,21H,10-11,13-14H2,1-6H3/t17?,18-/m1/s1. The van der Waals surface area contributed by atoms with Gasteiger partial charge in [0.25, 0.3) is 0 Å². The Balaban J connectivity index is 1.93. The second-order valence-corrected chi connectivity index (χ2v) is 13.2. The fraction of sp³-hybridized carbons (Fsp3) is 0.684. The lowest BCUT2D eigenvalue weighted by Crippen LogP contribution is -2.44. The molecule has 0 bridgehead atoms. The smallest absolute Gasteiger partial charge is 0.192 e. The number of hydrogen-bond acceptors (Lipinski definition) is 3. The summed E-state index contributed by atoms with van der Waals surface area (Å²) >= 11 is 0. The maximum absolute atomic E-state index is 13.5. The number of hydrogen-bond donors (Lipinski definition) is 1. The average molecular weight is 353 g/mol. The molecule has 0 radical (unpaired) electrons. The van der Waals surface area contributed by atoms with Gasteiger partial charge in [-0.15, -0.1) is 0 Å². The molecule has 1 aromatic carbocycles. The lowest BCUT2D eigenvalue weighted by Gasteiger charge is -2.38. The van der Waals surface area contributed by atoms with E-state index < -0.39 is 8.32 Å². The number of benzene rings is 1. The maximum Gasteiger partial charge on any atom is 0.192 e. The number of nitrogens with zero attached hydrogens (tertiary/aromatic N) is 1. The van der Waals surface area contributed by atoms with Crippen LogP contribution in [0, 0.1) is 5.82 Å². The van der Waals surface area contributed by atoms with Crippen LogP contribution >= 0.6 is 0 Å². The van der Waals surface area contributed by atoms with Gasteiger partial charge in [0, 0.05) is 25.7 Å². The molecule has 5 heteroatoms. The SMILES string of the molecule is CN[C@H](CN1CCC(O[Si](C)(C)C(C)(C)C)C1)c1cccc(F)c1. The van der Waals surface area contributed by atoms with Crippen molar-refractivity contribution in [1.29, 1.82) is 0 Å². The van der Waals surface area contributed by atoms with Gasteiger partial charge in [-0.1, -0.05) is 32.9 Å². The summed E-state index contributed by atoms with van der Waals surface area (Å²) in [5, 5.41) is 3.56. The third-order valence-electron chi connectivity index (χ3n) is 5.54. The highest BCUT2D eigenvalue weighted by Crippen LogP contribution is 2.38. The summed E-state index contributed by atoms with van der Waals surface area (Å²) in [5.74, 6) is -0.173. The highest BCUT2D eigenvalue weighted by molar-refractivity contribution is 6.74. The normalized spacial score (nSPS) is 21.2. The molecule has 1 unspecified atom stereocenters. The van der Waals surface area contributed by atoms with Gasteiger partial charge in [-0.25, -0.2) is 4.39 Å². The highest BCUT2D eigenvalue weighted by Gasteiger charge is 2.40. The Labute approximate surface area is 147 Å². The van der Waals surface area contributed by atoms with Crippen molar-refractivity contribution < 1.29 is 8.82 Å². The summed E-state index contributed by atoms with van der Waals surface area (Å²) in [7, 11) is 0.229. The summed E-state index contributed by atoms with van der Waals surface area (Å²) in [5.41, 5.74) is 1.01. The fourth-order valence-electron chi connectivity index (χ4n) is 3.00. The van der Waals surface area contributed by atoms with Crippen molar-refractivity contribution in [3.63, 3.8) is 0 Å². The second-order valence-electron chi connectivity index (χ2n) is 8.44. The van der Waals surface area contributed by atoms with E-state index in [2.05, 4.69) is 44.1 Å². The van der Waals surface area contributed by atoms with E-state index in [4.69, 9.17) is 4.43 Å². The van der Waals surface area contributed by atoms with E-state index >= 15 is 0 Å². The summed E-state index contributed by atoms with van der Waals surface area (Å²) in [6.07, 6.45) is 1.42. The van der Waals surface area contributed by atoms with Gasteiger partial charge in [0.05, 0.1) is 6.10 Å². The zero-order valence-corrected chi connectivity index (χ0v) is 17.0. The molecule has 3 nitrogen and oxygen atoms in total. The largest absolute Gasteiger partial charge is 0.413 e. The quantitative estimate of drug-likeness (QED) is 0.777. The molecule has 1 heterocycles. The molecular weight excluding hydrogens is 319 g/mol. The van der Waals surface area contributed by atoms with Crippen LogP contribution in [0.25, 0.3) is 0 Å². The van der Waals surface area contributed by atoms with Crippen molar-refractivity contribution in [2.45, 2.75) is 57.5 Å². The van der Waals surface area contributed by atoms with Crippen molar-refractivity contribution in [2.75, 3.05) is 26.7 Å². The summed E-state index contributed by atoms with van der Waals surface area (Å²) in [4.78, 5) is 2.43. The molecule has 0 amide bonds. The van der Waals surface area contributed by atoms with Gasteiger partial charge in [0.1, 0.15) is 5.82 Å². The third kappa shape index (κ3) is 4.88. The predicted octanol–water partition coefficient (Wildman–Crippen LogP) is 4.18. The minimum Gasteiger partial charge on any atom is -0.413 e. The van der Waals surface area contributed by atoms with Gasteiger partial charge >= 0.3 is 0 Å². The van der Waals surface area contributed by atoms with Crippen LogP contribution in [0.4, 0.5) is 4.39 Å². The van der Waals surface area contributed by atoms with Crippen molar-refractivity contribution >= 4 is 8.32 Å². The number of likely N-dealkylation sites (N-methyl/N-ethyl adjacent to an activating group) is 1. The van der Waals surface area contributed by atoms with E-state index in [9.17, 15) is 4.39 Å². The van der Waals surface area contributed by atoms with E-state index in [1.54, 1.807) is 12.1 Å². The Morgan fingerprint density at radius 1 is 1.38 bits per heavy atom. The van der Waals surface area contributed by atoms with E-state index in [1.807, 2.05) is 13.1 Å². The molecule has 1 N–H and O–H groups in total. The Morgan fingerprint density at radius 3 is 2.67 bits per heavy atom. The molecular formula is C19H33FN2OSi. The van der Waals surface area contributed by atoms with Crippen LogP contribution in [-0.2, 0) is 4.43 Å². The second kappa shape index (κ2) is 7.64. The van der Waals surface area contributed by atoms with Crippen molar-refractivity contribution in [1.82, 2.24) is 10.2 Å². The topological polar surface area (TPSA) is 24.5 Å². The van der Waals surface area contributed by atoms with Crippen LogP contribution in [0.5, 0.6) is 0 Å². The Bertz CT molecular complexity index is 544. The first kappa shape index (κ1) is 19.6. The lowest BCUT2D eigenvalue weighted by molar-refractivity contribution is 0.177. The van der Waals surface area contributed by atoms with Crippen molar-refractivity contribution in [3.8, 4) is 0 Å². The summed E-state index contributed by atoms with van der Waals surface area (Å²) < 4.78 is 20.0. The minimum atomic E-state index is -1.71. The molecule has 0 aliphatic carbocycles. The zero-order valence-electron chi connectivity index (χ0n) is 16.0. The molecule has 1 saturated heterocycles. The fourth-order valence-corrected chi connectivity index (χ4v) is 4.38. The van der Waals surface area contributed by atoms with Gasteiger partial charge in [-0.2, -0.15) is 0 Å². The van der Waals surface area contributed by atoms with E-state index in [0.29, 0.717) is 6.10 Å². The molecule has 1 aliphatic rings. The summed E-state index contributed by atoms with van der Waals surface area (Å²) in [6.45, 7) is 14.4. The van der Waals surface area contributed by atoms with Crippen LogP contribution in [0.1, 0.15) is 38.8 Å². The summed E-state index contributed by atoms with van der Waals surface area (Å²) in [6, 6.07) is 7.04. The number of nitrogens with one attached hydrogen (secondary N) is 1. The molecule has 1 aliphatic heterocycles. The van der Waals surface area contributed by atoms with Gasteiger partial charge in [0.15, 0.2) is 8.32 Å². The molecule has 0 saturated carbocycles. The Morgan fingerprint density at radius 2 is 2.08 bits per heavy atom.